The van der Waals surface area contributed by atoms with E-state index in [9.17, 15) is 0 Å². The van der Waals surface area contributed by atoms with Gasteiger partial charge in [0.1, 0.15) is 12.4 Å². The van der Waals surface area contributed by atoms with Crippen LogP contribution in [0.3, 0.4) is 0 Å². The summed E-state index contributed by atoms with van der Waals surface area (Å²) in [6, 6.07) is 9.85. The Hall–Kier alpha value is -1.18. The number of para-hydroxylation sites is 1. The first kappa shape index (κ1) is 20.9. The monoisotopic (exact) mass is 341 g/mol. The lowest BCUT2D eigenvalue weighted by atomic mass is 10.3. The zero-order chi connectivity index (χ0) is 17.3. The fourth-order valence-electron chi connectivity index (χ4n) is 2.02. The summed E-state index contributed by atoms with van der Waals surface area (Å²) in [5.41, 5.74) is 0. The maximum Gasteiger partial charge on any atom is 0.119 e. The van der Waals surface area contributed by atoms with Crippen molar-refractivity contribution in [3.8, 4) is 5.75 Å². The Bertz CT molecular complexity index is 363. The van der Waals surface area contributed by atoms with Crippen molar-refractivity contribution in [3.63, 3.8) is 0 Å². The van der Waals surface area contributed by atoms with Crippen LogP contribution in [0.1, 0.15) is 0 Å². The second-order valence-electron chi connectivity index (χ2n) is 5.21. The summed E-state index contributed by atoms with van der Waals surface area (Å²) in [6.07, 6.45) is 0. The van der Waals surface area contributed by atoms with Crippen LogP contribution in [0.2, 0.25) is 0 Å². The predicted octanol–water partition coefficient (Wildman–Crippen LogP) is 1.69. The van der Waals surface area contributed by atoms with Gasteiger partial charge in [-0.1, -0.05) is 18.2 Å². The van der Waals surface area contributed by atoms with Crippen molar-refractivity contribution < 1.29 is 23.7 Å². The maximum absolute atomic E-state index is 5.76. The minimum Gasteiger partial charge on any atom is -0.492 e. The highest BCUT2D eigenvalue weighted by molar-refractivity contribution is 5.20. The van der Waals surface area contributed by atoms with Crippen molar-refractivity contribution in [2.75, 3.05) is 80.1 Å². The van der Waals surface area contributed by atoms with Gasteiger partial charge in [-0.25, -0.2) is 0 Å². The number of hydrogen-bond acceptors (Lipinski definition) is 6. The summed E-state index contributed by atoms with van der Waals surface area (Å²) in [4.78, 5) is 2.28. The van der Waals surface area contributed by atoms with Gasteiger partial charge in [0.05, 0.1) is 39.6 Å². The Balaban J connectivity index is 2.21. The molecule has 0 fully saturated rings. The SMILES string of the molecule is COCCOCCN(CCOCCOC)CCOc1ccccc1. The number of hydrogen-bond donors (Lipinski definition) is 0. The van der Waals surface area contributed by atoms with Gasteiger partial charge in [-0.2, -0.15) is 0 Å². The molecular formula is C18H31NO5. The van der Waals surface area contributed by atoms with Crippen molar-refractivity contribution in [1.82, 2.24) is 4.90 Å². The lowest BCUT2D eigenvalue weighted by Crippen LogP contribution is -2.35. The molecule has 0 aliphatic heterocycles. The quantitative estimate of drug-likeness (QED) is 0.427. The molecule has 0 unspecified atom stereocenters. The third-order valence-electron chi connectivity index (χ3n) is 3.39. The Morgan fingerprint density at radius 3 is 1.75 bits per heavy atom. The van der Waals surface area contributed by atoms with Gasteiger partial charge in [-0.15, -0.1) is 0 Å². The van der Waals surface area contributed by atoms with E-state index in [-0.39, 0.29) is 0 Å². The highest BCUT2D eigenvalue weighted by Gasteiger charge is 2.06. The molecule has 0 aliphatic rings. The molecule has 0 N–H and O–H groups in total. The molecule has 1 aromatic carbocycles. The average Bonchev–Trinajstić information content (AvgIpc) is 2.61. The standard InChI is InChI=1S/C18H31NO5/c1-20-14-16-22-11-8-19(9-12-23-17-15-21-2)10-13-24-18-6-4-3-5-7-18/h3-7H,8-17H2,1-2H3. The molecule has 0 saturated heterocycles. The van der Waals surface area contributed by atoms with Gasteiger partial charge in [-0.3, -0.25) is 4.90 Å². The van der Waals surface area contributed by atoms with Crippen molar-refractivity contribution in [1.29, 1.82) is 0 Å². The topological polar surface area (TPSA) is 49.4 Å². The molecule has 0 saturated carbocycles. The molecule has 6 nitrogen and oxygen atoms in total. The maximum atomic E-state index is 5.76. The number of ether oxygens (including phenoxy) is 5. The van der Waals surface area contributed by atoms with Crippen LogP contribution in [-0.4, -0.2) is 85.0 Å². The van der Waals surface area contributed by atoms with Crippen LogP contribution < -0.4 is 4.74 Å². The van der Waals surface area contributed by atoms with Gasteiger partial charge in [0.15, 0.2) is 0 Å². The molecular weight excluding hydrogens is 310 g/mol. The molecule has 0 spiro atoms. The first-order valence-corrected chi connectivity index (χ1v) is 8.40. The molecule has 0 radical (unpaired) electrons. The summed E-state index contributed by atoms with van der Waals surface area (Å²) in [6.45, 7) is 6.99. The van der Waals surface area contributed by atoms with Crippen molar-refractivity contribution in [2.45, 2.75) is 0 Å². The van der Waals surface area contributed by atoms with E-state index in [2.05, 4.69) is 4.90 Å². The normalized spacial score (nSPS) is 11.1. The van der Waals surface area contributed by atoms with Crippen LogP contribution in [0.4, 0.5) is 0 Å². The molecule has 0 aromatic heterocycles. The summed E-state index contributed by atoms with van der Waals surface area (Å²) < 4.78 is 26.8. The molecule has 0 amide bonds. The smallest absolute Gasteiger partial charge is 0.119 e. The van der Waals surface area contributed by atoms with Gasteiger partial charge in [-0.05, 0) is 12.1 Å². The van der Waals surface area contributed by atoms with Gasteiger partial charge >= 0.3 is 0 Å². The van der Waals surface area contributed by atoms with Gasteiger partial charge in [0.25, 0.3) is 0 Å². The first-order valence-electron chi connectivity index (χ1n) is 8.40. The van der Waals surface area contributed by atoms with Crippen LogP contribution >= 0.6 is 0 Å². The van der Waals surface area contributed by atoms with E-state index in [4.69, 9.17) is 23.7 Å². The molecule has 1 rings (SSSR count). The average molecular weight is 341 g/mol. The van der Waals surface area contributed by atoms with Crippen molar-refractivity contribution >= 4 is 0 Å². The van der Waals surface area contributed by atoms with Crippen LogP contribution in [-0.2, 0) is 18.9 Å². The fraction of sp³-hybridized carbons (Fsp3) is 0.667. The first-order chi connectivity index (χ1) is 11.9. The Morgan fingerprint density at radius 2 is 1.21 bits per heavy atom. The molecule has 24 heavy (non-hydrogen) atoms. The Labute approximate surface area is 145 Å². The van der Waals surface area contributed by atoms with E-state index in [1.54, 1.807) is 14.2 Å². The second kappa shape index (κ2) is 15.4. The van der Waals surface area contributed by atoms with Gasteiger partial charge in [0.2, 0.25) is 0 Å². The summed E-state index contributed by atoms with van der Waals surface area (Å²) in [5, 5.41) is 0. The minimum atomic E-state index is 0.620. The molecule has 0 atom stereocenters. The van der Waals surface area contributed by atoms with Crippen LogP contribution in [0, 0.1) is 0 Å². The Kier molecular flexibility index (Phi) is 13.3. The largest absolute Gasteiger partial charge is 0.492 e. The van der Waals surface area contributed by atoms with Gasteiger partial charge in [0, 0.05) is 33.9 Å². The molecule has 138 valence electrons. The zero-order valence-electron chi connectivity index (χ0n) is 14.9. The van der Waals surface area contributed by atoms with E-state index in [1.807, 2.05) is 30.3 Å². The summed E-state index contributed by atoms with van der Waals surface area (Å²) in [5.74, 6) is 0.894. The van der Waals surface area contributed by atoms with E-state index >= 15 is 0 Å². The van der Waals surface area contributed by atoms with Crippen LogP contribution in [0.25, 0.3) is 0 Å². The third-order valence-corrected chi connectivity index (χ3v) is 3.39. The van der Waals surface area contributed by atoms with E-state index < -0.39 is 0 Å². The van der Waals surface area contributed by atoms with E-state index in [1.165, 1.54) is 0 Å². The lowest BCUT2D eigenvalue weighted by molar-refractivity contribution is 0.0355. The van der Waals surface area contributed by atoms with Gasteiger partial charge < -0.3 is 23.7 Å². The predicted molar refractivity (Wildman–Crippen MR) is 93.8 cm³/mol. The molecule has 1 aromatic rings. The summed E-state index contributed by atoms with van der Waals surface area (Å²) >= 11 is 0. The zero-order valence-corrected chi connectivity index (χ0v) is 14.9. The van der Waals surface area contributed by atoms with Crippen LogP contribution in [0.5, 0.6) is 5.75 Å². The van der Waals surface area contributed by atoms with Crippen LogP contribution in [0.15, 0.2) is 30.3 Å². The number of nitrogens with zero attached hydrogens (tertiary/aromatic N) is 1. The van der Waals surface area contributed by atoms with Crippen molar-refractivity contribution in [3.05, 3.63) is 30.3 Å². The second-order valence-corrected chi connectivity index (χ2v) is 5.21. The van der Waals surface area contributed by atoms with E-state index in [0.29, 0.717) is 46.2 Å². The third kappa shape index (κ3) is 11.4. The minimum absolute atomic E-state index is 0.620. The molecule has 0 heterocycles. The molecule has 0 bridgehead atoms. The lowest BCUT2D eigenvalue weighted by Gasteiger charge is -2.22. The highest BCUT2D eigenvalue weighted by atomic mass is 16.5. The molecule has 6 heteroatoms. The van der Waals surface area contributed by atoms with Crippen molar-refractivity contribution in [2.24, 2.45) is 0 Å². The number of benzene rings is 1. The summed E-state index contributed by atoms with van der Waals surface area (Å²) in [7, 11) is 3.35. The molecule has 0 aliphatic carbocycles. The number of methoxy groups -OCH3 is 2. The van der Waals surface area contributed by atoms with E-state index in [0.717, 1.165) is 25.4 Å². The fourth-order valence-corrected chi connectivity index (χ4v) is 2.02. The Morgan fingerprint density at radius 1 is 0.667 bits per heavy atom. The number of rotatable bonds is 16. The highest BCUT2D eigenvalue weighted by Crippen LogP contribution is 2.07.